The Kier molecular flexibility index (Phi) is 3.22. The third-order valence-corrected chi connectivity index (χ3v) is 5.02. The van der Waals surface area contributed by atoms with Crippen molar-refractivity contribution in [1.82, 2.24) is 4.98 Å². The average molecular weight is 303 g/mol. The molecule has 1 N–H and O–H groups in total. The standard InChI is InChI=1S/C20H21N3/c1-13-15-8-4-6-10-17(15)22-19(13)20-14(2)16-9-5-7-11-18(16)23(20)12-21-3/h4-12,14,20,22H,1-3H3/b21-12-. The lowest BCUT2D eigenvalue weighted by molar-refractivity contribution is 0.622. The summed E-state index contributed by atoms with van der Waals surface area (Å²) in [7, 11) is 1.83. The third-order valence-electron chi connectivity index (χ3n) is 5.02. The number of aromatic nitrogens is 1. The number of benzene rings is 2. The molecule has 2 unspecified atom stereocenters. The van der Waals surface area contributed by atoms with Gasteiger partial charge in [-0.25, -0.2) is 0 Å². The minimum atomic E-state index is 0.253. The lowest BCUT2D eigenvalue weighted by Crippen LogP contribution is -2.25. The normalized spacial score (nSPS) is 20.6. The van der Waals surface area contributed by atoms with E-state index in [0.29, 0.717) is 5.92 Å². The molecule has 2 heterocycles. The number of para-hydroxylation sites is 2. The van der Waals surface area contributed by atoms with E-state index in [1.54, 1.807) is 0 Å². The fourth-order valence-electron chi connectivity index (χ4n) is 3.91. The third kappa shape index (κ3) is 2.00. The van der Waals surface area contributed by atoms with Gasteiger partial charge in [0.1, 0.15) is 0 Å². The van der Waals surface area contributed by atoms with E-state index < -0.39 is 0 Å². The quantitative estimate of drug-likeness (QED) is 0.535. The first kappa shape index (κ1) is 14.1. The van der Waals surface area contributed by atoms with E-state index in [-0.39, 0.29) is 6.04 Å². The zero-order valence-electron chi connectivity index (χ0n) is 13.7. The molecule has 3 heteroatoms. The Balaban J connectivity index is 1.91. The molecule has 1 aliphatic heterocycles. The van der Waals surface area contributed by atoms with Crippen LogP contribution < -0.4 is 4.90 Å². The van der Waals surface area contributed by atoms with Crippen LogP contribution in [0.15, 0.2) is 53.5 Å². The number of fused-ring (bicyclic) bond motifs is 2. The number of nitrogens with one attached hydrogen (secondary N) is 1. The molecule has 0 fully saturated rings. The summed E-state index contributed by atoms with van der Waals surface area (Å²) in [6.07, 6.45) is 1.96. The molecule has 0 saturated heterocycles. The molecule has 116 valence electrons. The second kappa shape index (κ2) is 5.27. The van der Waals surface area contributed by atoms with Crippen molar-refractivity contribution in [3.8, 4) is 0 Å². The van der Waals surface area contributed by atoms with Crippen LogP contribution >= 0.6 is 0 Å². The second-order valence-corrected chi connectivity index (χ2v) is 6.28. The predicted octanol–water partition coefficient (Wildman–Crippen LogP) is 4.80. The van der Waals surface area contributed by atoms with Gasteiger partial charge in [-0.3, -0.25) is 4.99 Å². The summed E-state index contributed by atoms with van der Waals surface area (Å²) in [5, 5.41) is 1.30. The number of anilines is 1. The largest absolute Gasteiger partial charge is 0.356 e. The SMILES string of the molecule is C/N=C\N1c2ccccc2C(C)C1c1[nH]c2ccccc2c1C. The van der Waals surface area contributed by atoms with E-state index in [4.69, 9.17) is 0 Å². The highest BCUT2D eigenvalue weighted by Crippen LogP contribution is 2.48. The molecule has 4 rings (SSSR count). The molecule has 0 spiro atoms. The molecule has 2 aromatic carbocycles. The van der Waals surface area contributed by atoms with Crippen LogP contribution in [0.5, 0.6) is 0 Å². The van der Waals surface area contributed by atoms with Crippen LogP contribution in [0.2, 0.25) is 0 Å². The Morgan fingerprint density at radius 2 is 1.83 bits per heavy atom. The Hall–Kier alpha value is -2.55. The van der Waals surface area contributed by atoms with Crippen LogP contribution in [0, 0.1) is 6.92 Å². The number of H-pyrrole nitrogens is 1. The van der Waals surface area contributed by atoms with Gasteiger partial charge in [0, 0.05) is 35.2 Å². The first-order valence-electron chi connectivity index (χ1n) is 8.09. The van der Waals surface area contributed by atoms with E-state index in [1.165, 1.54) is 33.4 Å². The lowest BCUT2D eigenvalue weighted by Gasteiger charge is -2.25. The van der Waals surface area contributed by atoms with Crippen molar-refractivity contribution in [2.75, 3.05) is 11.9 Å². The molecule has 0 saturated carbocycles. The van der Waals surface area contributed by atoms with E-state index in [0.717, 1.165) is 0 Å². The molecule has 1 aliphatic rings. The summed E-state index contributed by atoms with van der Waals surface area (Å²) < 4.78 is 0. The van der Waals surface area contributed by atoms with Crippen molar-refractivity contribution >= 4 is 22.9 Å². The molecule has 0 radical (unpaired) electrons. The number of aliphatic imine (C=N–C) groups is 1. The summed E-state index contributed by atoms with van der Waals surface area (Å²) in [5.74, 6) is 0.413. The molecule has 1 aromatic heterocycles. The van der Waals surface area contributed by atoms with Crippen LogP contribution in [0.4, 0.5) is 5.69 Å². The fourth-order valence-corrected chi connectivity index (χ4v) is 3.91. The van der Waals surface area contributed by atoms with Gasteiger partial charge in [0.05, 0.1) is 12.4 Å². The summed E-state index contributed by atoms with van der Waals surface area (Å²) in [5.41, 5.74) is 6.47. The predicted molar refractivity (Wildman–Crippen MR) is 97.5 cm³/mol. The lowest BCUT2D eigenvalue weighted by atomic mass is 9.93. The van der Waals surface area contributed by atoms with Crippen molar-refractivity contribution < 1.29 is 0 Å². The number of hydrogen-bond donors (Lipinski definition) is 1. The minimum absolute atomic E-state index is 0.253. The maximum atomic E-state index is 4.30. The van der Waals surface area contributed by atoms with E-state index in [1.807, 2.05) is 13.4 Å². The second-order valence-electron chi connectivity index (χ2n) is 6.28. The molecule has 2 atom stereocenters. The summed E-state index contributed by atoms with van der Waals surface area (Å²) in [4.78, 5) is 10.3. The van der Waals surface area contributed by atoms with Crippen LogP contribution in [-0.4, -0.2) is 18.4 Å². The molecule has 0 amide bonds. The maximum absolute atomic E-state index is 4.30. The Bertz CT molecular complexity index is 891. The van der Waals surface area contributed by atoms with E-state index >= 15 is 0 Å². The van der Waals surface area contributed by atoms with Crippen LogP contribution in [0.1, 0.15) is 35.7 Å². The molecular weight excluding hydrogens is 282 g/mol. The van der Waals surface area contributed by atoms with Gasteiger partial charge in [-0.05, 0) is 30.2 Å². The highest BCUT2D eigenvalue weighted by molar-refractivity contribution is 5.88. The summed E-state index contributed by atoms with van der Waals surface area (Å²) in [6, 6.07) is 17.4. The van der Waals surface area contributed by atoms with Gasteiger partial charge in [0.25, 0.3) is 0 Å². The topological polar surface area (TPSA) is 31.4 Å². The summed E-state index contributed by atoms with van der Waals surface area (Å²) in [6.45, 7) is 4.52. The van der Waals surface area contributed by atoms with Gasteiger partial charge in [-0.1, -0.05) is 43.3 Å². The van der Waals surface area contributed by atoms with Crippen LogP contribution in [0.25, 0.3) is 10.9 Å². The Labute approximate surface area is 136 Å². The smallest absolute Gasteiger partial charge is 0.0897 e. The molecular formula is C20H21N3. The monoisotopic (exact) mass is 303 g/mol. The Morgan fingerprint density at radius 1 is 1.09 bits per heavy atom. The van der Waals surface area contributed by atoms with Crippen LogP contribution in [0.3, 0.4) is 0 Å². The average Bonchev–Trinajstić information content (AvgIpc) is 3.05. The Morgan fingerprint density at radius 3 is 2.61 bits per heavy atom. The van der Waals surface area contributed by atoms with Gasteiger partial charge in [-0.2, -0.15) is 0 Å². The van der Waals surface area contributed by atoms with E-state index in [9.17, 15) is 0 Å². The first-order chi connectivity index (χ1) is 11.2. The van der Waals surface area contributed by atoms with Crippen molar-refractivity contribution in [2.24, 2.45) is 4.99 Å². The molecule has 3 aromatic rings. The number of aromatic amines is 1. The van der Waals surface area contributed by atoms with Gasteiger partial charge in [0.2, 0.25) is 0 Å². The van der Waals surface area contributed by atoms with Gasteiger partial charge in [-0.15, -0.1) is 0 Å². The number of hydrogen-bond acceptors (Lipinski definition) is 1. The minimum Gasteiger partial charge on any atom is -0.356 e. The van der Waals surface area contributed by atoms with Gasteiger partial charge < -0.3 is 9.88 Å². The first-order valence-corrected chi connectivity index (χ1v) is 8.09. The maximum Gasteiger partial charge on any atom is 0.0897 e. The summed E-state index contributed by atoms with van der Waals surface area (Å²) >= 11 is 0. The zero-order chi connectivity index (χ0) is 16.0. The zero-order valence-corrected chi connectivity index (χ0v) is 13.7. The van der Waals surface area contributed by atoms with Crippen molar-refractivity contribution in [3.63, 3.8) is 0 Å². The van der Waals surface area contributed by atoms with Gasteiger partial charge in [0.15, 0.2) is 0 Å². The fraction of sp³-hybridized carbons (Fsp3) is 0.250. The van der Waals surface area contributed by atoms with Crippen LogP contribution in [-0.2, 0) is 0 Å². The number of rotatable bonds is 2. The molecule has 23 heavy (non-hydrogen) atoms. The van der Waals surface area contributed by atoms with E-state index in [2.05, 4.69) is 77.3 Å². The van der Waals surface area contributed by atoms with Crippen molar-refractivity contribution in [3.05, 3.63) is 65.4 Å². The molecule has 0 bridgehead atoms. The highest BCUT2D eigenvalue weighted by atomic mass is 15.2. The number of nitrogens with zero attached hydrogens (tertiary/aromatic N) is 2. The molecule has 3 nitrogen and oxygen atoms in total. The van der Waals surface area contributed by atoms with Crippen molar-refractivity contribution in [2.45, 2.75) is 25.8 Å². The number of aryl methyl sites for hydroxylation is 1. The van der Waals surface area contributed by atoms with Gasteiger partial charge >= 0.3 is 0 Å². The highest BCUT2D eigenvalue weighted by Gasteiger charge is 2.37. The van der Waals surface area contributed by atoms with Crippen molar-refractivity contribution in [1.29, 1.82) is 0 Å². The molecule has 0 aliphatic carbocycles.